The maximum absolute atomic E-state index is 12.6. The van der Waals surface area contributed by atoms with E-state index in [-0.39, 0.29) is 12.1 Å². The van der Waals surface area contributed by atoms with Crippen molar-refractivity contribution in [1.82, 2.24) is 14.7 Å². The number of aromatic nitrogens is 2. The number of carbonyl (C=O) groups is 1. The van der Waals surface area contributed by atoms with E-state index in [1.807, 2.05) is 29.2 Å². The molecule has 1 aliphatic heterocycles. The lowest BCUT2D eigenvalue weighted by molar-refractivity contribution is 0.183. The molecule has 1 N–H and O–H groups in total. The van der Waals surface area contributed by atoms with Crippen LogP contribution in [0.25, 0.3) is 0 Å². The number of urea groups is 1. The molecule has 1 aliphatic rings. The Bertz CT molecular complexity index is 703. The monoisotopic (exact) mass is 348 g/mol. The average molecular weight is 349 g/mol. The maximum atomic E-state index is 12.6. The number of rotatable bonds is 5. The number of likely N-dealkylation sites (tertiary alicyclic amines) is 1. The summed E-state index contributed by atoms with van der Waals surface area (Å²) in [4.78, 5) is 14.5. The van der Waals surface area contributed by atoms with Gasteiger partial charge in [-0.15, -0.1) is 0 Å². The number of nitrogens with zero attached hydrogens (tertiary/aromatic N) is 3. The van der Waals surface area contributed by atoms with Gasteiger partial charge >= 0.3 is 6.03 Å². The van der Waals surface area contributed by atoms with Crippen molar-refractivity contribution in [2.75, 3.05) is 25.6 Å². The molecule has 24 heavy (non-hydrogen) atoms. The van der Waals surface area contributed by atoms with Gasteiger partial charge in [-0.1, -0.05) is 23.7 Å². The Morgan fingerprint density at radius 2 is 2.38 bits per heavy atom. The van der Waals surface area contributed by atoms with Gasteiger partial charge in [0.15, 0.2) is 0 Å². The van der Waals surface area contributed by atoms with E-state index in [1.54, 1.807) is 24.2 Å². The fraction of sp³-hybridized carbons (Fsp3) is 0.412. The van der Waals surface area contributed by atoms with Gasteiger partial charge in [0, 0.05) is 24.9 Å². The Hall–Kier alpha value is -2.05. The maximum Gasteiger partial charge on any atom is 0.322 e. The van der Waals surface area contributed by atoms with Crippen LogP contribution in [0.1, 0.15) is 24.4 Å². The third-order valence-electron chi connectivity index (χ3n) is 4.16. The summed E-state index contributed by atoms with van der Waals surface area (Å²) >= 11 is 6.08. The summed E-state index contributed by atoms with van der Waals surface area (Å²) in [5.74, 6) is 0. The quantitative estimate of drug-likeness (QED) is 0.898. The van der Waals surface area contributed by atoms with Crippen LogP contribution in [0.3, 0.4) is 0 Å². The standard InChI is InChI=1S/C17H21ClN4O2/c1-24-9-8-21-12-15(11-19-21)20-17(23)22-7-3-6-16(22)13-4-2-5-14(18)10-13/h2,4-5,10-12,16H,3,6-9H2,1H3,(H,20,23). The molecule has 0 bridgehead atoms. The number of nitrogens with one attached hydrogen (secondary N) is 1. The average Bonchev–Trinajstić information content (AvgIpc) is 3.22. The first-order chi connectivity index (χ1) is 11.7. The van der Waals surface area contributed by atoms with Gasteiger partial charge in [-0.05, 0) is 30.5 Å². The van der Waals surface area contributed by atoms with Gasteiger partial charge in [-0.3, -0.25) is 4.68 Å². The van der Waals surface area contributed by atoms with E-state index in [4.69, 9.17) is 16.3 Å². The Labute approximate surface area is 146 Å². The summed E-state index contributed by atoms with van der Waals surface area (Å²) in [7, 11) is 1.65. The molecule has 128 valence electrons. The molecule has 1 fully saturated rings. The molecule has 7 heteroatoms. The van der Waals surface area contributed by atoms with Crippen molar-refractivity contribution in [1.29, 1.82) is 0 Å². The van der Waals surface area contributed by atoms with Crippen molar-refractivity contribution in [2.45, 2.75) is 25.4 Å². The molecule has 3 rings (SSSR count). The normalized spacial score (nSPS) is 17.2. The Kier molecular flexibility index (Phi) is 5.37. The number of benzene rings is 1. The van der Waals surface area contributed by atoms with E-state index < -0.39 is 0 Å². The molecule has 1 unspecified atom stereocenters. The van der Waals surface area contributed by atoms with Crippen molar-refractivity contribution in [3.05, 3.63) is 47.2 Å². The zero-order valence-corrected chi connectivity index (χ0v) is 14.4. The summed E-state index contributed by atoms with van der Waals surface area (Å²) < 4.78 is 6.77. The second-order valence-corrected chi connectivity index (χ2v) is 6.26. The summed E-state index contributed by atoms with van der Waals surface area (Å²) in [6.45, 7) is 1.97. The van der Waals surface area contributed by atoms with E-state index in [0.29, 0.717) is 23.9 Å². The highest BCUT2D eigenvalue weighted by Gasteiger charge is 2.30. The van der Waals surface area contributed by atoms with Crippen LogP contribution in [-0.2, 0) is 11.3 Å². The summed E-state index contributed by atoms with van der Waals surface area (Å²) in [6, 6.07) is 7.67. The molecule has 0 saturated carbocycles. The number of amides is 2. The fourth-order valence-electron chi connectivity index (χ4n) is 3.00. The molecule has 2 aromatic rings. The second-order valence-electron chi connectivity index (χ2n) is 5.82. The summed E-state index contributed by atoms with van der Waals surface area (Å²) in [5, 5.41) is 7.83. The fourth-order valence-corrected chi connectivity index (χ4v) is 3.20. The van der Waals surface area contributed by atoms with Gasteiger partial charge in [0.05, 0.1) is 31.1 Å². The number of hydrogen-bond acceptors (Lipinski definition) is 3. The summed E-state index contributed by atoms with van der Waals surface area (Å²) in [6.07, 6.45) is 5.39. The van der Waals surface area contributed by atoms with E-state index in [1.165, 1.54) is 0 Å². The lowest BCUT2D eigenvalue weighted by atomic mass is 10.1. The molecule has 1 atom stereocenters. The SMILES string of the molecule is COCCn1cc(NC(=O)N2CCCC2c2cccc(Cl)c2)cn1. The number of anilines is 1. The van der Waals surface area contributed by atoms with Crippen molar-refractivity contribution < 1.29 is 9.53 Å². The van der Waals surface area contributed by atoms with Crippen LogP contribution >= 0.6 is 11.6 Å². The molecular weight excluding hydrogens is 328 g/mol. The van der Waals surface area contributed by atoms with Crippen LogP contribution in [0.4, 0.5) is 10.5 Å². The van der Waals surface area contributed by atoms with Gasteiger partial charge in [0.1, 0.15) is 0 Å². The van der Waals surface area contributed by atoms with E-state index in [0.717, 1.165) is 24.9 Å². The van der Waals surface area contributed by atoms with Crippen LogP contribution in [0, 0.1) is 0 Å². The van der Waals surface area contributed by atoms with Gasteiger partial charge < -0.3 is 15.0 Å². The van der Waals surface area contributed by atoms with Crippen LogP contribution in [0.15, 0.2) is 36.7 Å². The van der Waals surface area contributed by atoms with E-state index >= 15 is 0 Å². The highest BCUT2D eigenvalue weighted by molar-refractivity contribution is 6.30. The van der Waals surface area contributed by atoms with E-state index in [9.17, 15) is 4.79 Å². The van der Waals surface area contributed by atoms with Crippen molar-refractivity contribution in [3.63, 3.8) is 0 Å². The van der Waals surface area contributed by atoms with Crippen LogP contribution in [0.2, 0.25) is 5.02 Å². The number of halogens is 1. The smallest absolute Gasteiger partial charge is 0.322 e. The highest BCUT2D eigenvalue weighted by atomic mass is 35.5. The zero-order chi connectivity index (χ0) is 16.9. The topological polar surface area (TPSA) is 59.4 Å². The largest absolute Gasteiger partial charge is 0.383 e. The Morgan fingerprint density at radius 3 is 3.17 bits per heavy atom. The number of ether oxygens (including phenoxy) is 1. The molecule has 1 aromatic heterocycles. The predicted molar refractivity (Wildman–Crippen MR) is 93.3 cm³/mol. The number of hydrogen-bond donors (Lipinski definition) is 1. The third-order valence-corrected chi connectivity index (χ3v) is 4.39. The van der Waals surface area contributed by atoms with Gasteiger partial charge in [0.2, 0.25) is 0 Å². The summed E-state index contributed by atoms with van der Waals surface area (Å²) in [5.41, 5.74) is 1.76. The minimum atomic E-state index is -0.108. The van der Waals surface area contributed by atoms with Gasteiger partial charge in [-0.2, -0.15) is 5.10 Å². The minimum Gasteiger partial charge on any atom is -0.383 e. The van der Waals surface area contributed by atoms with Crippen LogP contribution < -0.4 is 5.32 Å². The minimum absolute atomic E-state index is 0.0623. The van der Waals surface area contributed by atoms with Crippen LogP contribution in [0.5, 0.6) is 0 Å². The Morgan fingerprint density at radius 1 is 1.50 bits per heavy atom. The molecule has 0 spiro atoms. The molecule has 0 radical (unpaired) electrons. The predicted octanol–water partition coefficient (Wildman–Crippen LogP) is 3.55. The molecule has 0 aliphatic carbocycles. The number of carbonyl (C=O) groups excluding carboxylic acids is 1. The molecule has 2 heterocycles. The number of methoxy groups -OCH3 is 1. The Balaban J connectivity index is 1.66. The lowest BCUT2D eigenvalue weighted by Gasteiger charge is -2.25. The molecule has 1 saturated heterocycles. The van der Waals surface area contributed by atoms with Crippen molar-refractivity contribution in [3.8, 4) is 0 Å². The third kappa shape index (κ3) is 3.88. The molecule has 6 nitrogen and oxygen atoms in total. The van der Waals surface area contributed by atoms with Gasteiger partial charge in [-0.25, -0.2) is 4.79 Å². The molecule has 2 amide bonds. The highest BCUT2D eigenvalue weighted by Crippen LogP contribution is 2.33. The first kappa shape index (κ1) is 16.8. The lowest BCUT2D eigenvalue weighted by Crippen LogP contribution is -2.34. The van der Waals surface area contributed by atoms with E-state index in [2.05, 4.69) is 10.4 Å². The molecular formula is C17H21ClN4O2. The van der Waals surface area contributed by atoms with Gasteiger partial charge in [0.25, 0.3) is 0 Å². The van der Waals surface area contributed by atoms with Crippen molar-refractivity contribution >= 4 is 23.3 Å². The second kappa shape index (κ2) is 7.68. The zero-order valence-electron chi connectivity index (χ0n) is 13.6. The van der Waals surface area contributed by atoms with Crippen LogP contribution in [-0.4, -0.2) is 41.0 Å². The first-order valence-electron chi connectivity index (χ1n) is 8.02. The van der Waals surface area contributed by atoms with Crippen molar-refractivity contribution in [2.24, 2.45) is 0 Å². The molecule has 1 aromatic carbocycles. The first-order valence-corrected chi connectivity index (χ1v) is 8.39.